The fraction of sp³-hybridized carbons (Fsp3) is 1.00. The average Bonchev–Trinajstić information content (AvgIpc) is 3.11. The fourth-order valence-electron chi connectivity index (χ4n) is 2.45. The van der Waals surface area contributed by atoms with Crippen molar-refractivity contribution in [3.05, 3.63) is 0 Å². The van der Waals surface area contributed by atoms with Gasteiger partial charge < -0.3 is 20.4 Å². The highest BCUT2D eigenvalue weighted by Gasteiger charge is 2.15. The van der Waals surface area contributed by atoms with Crippen LogP contribution in [0.4, 0.5) is 0 Å². The molecule has 0 unspecified atom stereocenters. The van der Waals surface area contributed by atoms with Crippen molar-refractivity contribution in [1.82, 2.24) is 0 Å². The van der Waals surface area contributed by atoms with Crippen molar-refractivity contribution in [2.75, 3.05) is 0 Å². The summed E-state index contributed by atoms with van der Waals surface area (Å²) in [7, 11) is 0. The van der Waals surface area contributed by atoms with Gasteiger partial charge >= 0.3 is 0 Å². The molecule has 4 saturated carbocycles. The molecule has 0 aromatic rings. The maximum atomic E-state index is 8.91. The molecule has 4 rings (SSSR count). The van der Waals surface area contributed by atoms with Crippen LogP contribution in [0.25, 0.3) is 0 Å². The minimum Gasteiger partial charge on any atom is -0.393 e. The summed E-state index contributed by atoms with van der Waals surface area (Å²) in [5.74, 6) is 0. The lowest BCUT2D eigenvalue weighted by molar-refractivity contribution is 0.0950. The summed E-state index contributed by atoms with van der Waals surface area (Å²) >= 11 is 0. The van der Waals surface area contributed by atoms with Gasteiger partial charge in [-0.3, -0.25) is 0 Å². The molecule has 0 radical (unpaired) electrons. The van der Waals surface area contributed by atoms with Gasteiger partial charge in [-0.25, -0.2) is 0 Å². The van der Waals surface area contributed by atoms with Gasteiger partial charge in [0.25, 0.3) is 0 Å². The molecule has 0 amide bonds. The molecule has 4 N–H and O–H groups in total. The summed E-state index contributed by atoms with van der Waals surface area (Å²) in [5.41, 5.74) is 0. The Bertz CT molecular complexity index is 239. The third kappa shape index (κ3) is 12.4. The Morgan fingerprint density at radius 2 is 0.545 bits per heavy atom. The van der Waals surface area contributed by atoms with Gasteiger partial charge in [0.15, 0.2) is 0 Å². The van der Waals surface area contributed by atoms with Crippen LogP contribution in [0.3, 0.4) is 0 Å². The van der Waals surface area contributed by atoms with Crippen LogP contribution in [-0.4, -0.2) is 44.8 Å². The predicted octanol–water partition coefficient (Wildman–Crippen LogP) is 2.91. The van der Waals surface area contributed by atoms with E-state index < -0.39 is 0 Å². The van der Waals surface area contributed by atoms with Crippen molar-refractivity contribution in [1.29, 1.82) is 0 Å². The standard InChI is InChI=1S/C6H12O.C5H10O.C4H8O.C3H6O/c7-6-4-2-1-3-5-6;6-5-3-1-2-4-5;5-4-2-1-3-4;4-3-1-2-3/h6-7H,1-5H2;5-6H,1-4H2;4-5H,1-3H2;3-4H,1-2H2. The molecule has 4 aliphatic rings. The van der Waals surface area contributed by atoms with E-state index in [0.29, 0.717) is 0 Å². The van der Waals surface area contributed by atoms with Gasteiger partial charge in [0.2, 0.25) is 0 Å². The normalized spacial score (nSPS) is 25.6. The lowest BCUT2D eigenvalue weighted by Crippen LogP contribution is -2.15. The lowest BCUT2D eigenvalue weighted by atomic mass is 9.97. The molecule has 4 nitrogen and oxygen atoms in total. The van der Waals surface area contributed by atoms with E-state index in [0.717, 1.165) is 51.4 Å². The third-order valence-corrected chi connectivity index (χ3v) is 4.52. The van der Waals surface area contributed by atoms with E-state index >= 15 is 0 Å². The largest absolute Gasteiger partial charge is 0.393 e. The molecule has 0 atom stereocenters. The molecule has 22 heavy (non-hydrogen) atoms. The molecule has 0 spiro atoms. The highest BCUT2D eigenvalue weighted by Crippen LogP contribution is 2.18. The van der Waals surface area contributed by atoms with Crippen LogP contribution in [0.15, 0.2) is 0 Å². The van der Waals surface area contributed by atoms with Gasteiger partial charge in [-0.05, 0) is 57.8 Å². The van der Waals surface area contributed by atoms with Gasteiger partial charge in [0.1, 0.15) is 0 Å². The summed E-state index contributed by atoms with van der Waals surface area (Å²) in [6, 6.07) is 0. The molecule has 0 aromatic heterocycles. The zero-order valence-corrected chi connectivity index (χ0v) is 14.0. The van der Waals surface area contributed by atoms with Crippen LogP contribution >= 0.6 is 0 Å². The van der Waals surface area contributed by atoms with E-state index in [4.69, 9.17) is 20.4 Å². The first kappa shape index (κ1) is 19.9. The average molecular weight is 316 g/mol. The van der Waals surface area contributed by atoms with Crippen LogP contribution in [-0.2, 0) is 0 Å². The summed E-state index contributed by atoms with van der Waals surface area (Å²) in [6.07, 6.45) is 16.1. The number of aliphatic hydroxyl groups excluding tert-OH is 4. The minimum atomic E-state index is 0.0359. The quantitative estimate of drug-likeness (QED) is 0.554. The van der Waals surface area contributed by atoms with E-state index in [2.05, 4.69) is 0 Å². The first-order chi connectivity index (χ1) is 10.6. The number of hydrogen-bond acceptors (Lipinski definition) is 4. The van der Waals surface area contributed by atoms with Gasteiger partial charge in [0, 0.05) is 0 Å². The van der Waals surface area contributed by atoms with Crippen molar-refractivity contribution in [3.8, 4) is 0 Å². The topological polar surface area (TPSA) is 80.9 Å². The molecular weight excluding hydrogens is 280 g/mol. The maximum absolute atomic E-state index is 8.91. The van der Waals surface area contributed by atoms with Crippen LogP contribution in [0.5, 0.6) is 0 Å². The molecule has 4 aliphatic carbocycles. The number of hydrogen-bond donors (Lipinski definition) is 4. The molecule has 0 aromatic carbocycles. The Balaban J connectivity index is 0.000000149. The summed E-state index contributed by atoms with van der Waals surface area (Å²) < 4.78 is 0. The highest BCUT2D eigenvalue weighted by molar-refractivity contribution is 4.69. The van der Waals surface area contributed by atoms with Crippen molar-refractivity contribution >= 4 is 0 Å². The third-order valence-electron chi connectivity index (χ3n) is 4.52. The molecular formula is C18H36O4. The van der Waals surface area contributed by atoms with E-state index in [1.807, 2.05) is 0 Å². The first-order valence-electron chi connectivity index (χ1n) is 9.30. The second-order valence-corrected chi connectivity index (χ2v) is 7.05. The monoisotopic (exact) mass is 316 g/mol. The second-order valence-electron chi connectivity index (χ2n) is 7.05. The van der Waals surface area contributed by atoms with Crippen molar-refractivity contribution < 1.29 is 20.4 Å². The van der Waals surface area contributed by atoms with E-state index in [1.165, 1.54) is 38.5 Å². The molecule has 0 aliphatic heterocycles. The molecule has 4 fully saturated rings. The highest BCUT2D eigenvalue weighted by atomic mass is 16.3. The first-order valence-corrected chi connectivity index (χ1v) is 9.30. The smallest absolute Gasteiger partial charge is 0.0542 e. The number of aliphatic hydroxyl groups is 4. The van der Waals surface area contributed by atoms with E-state index in [1.54, 1.807) is 0 Å². The second kappa shape index (κ2) is 12.3. The molecule has 132 valence electrons. The Morgan fingerprint density at radius 3 is 0.682 bits per heavy atom. The number of rotatable bonds is 0. The molecule has 0 heterocycles. The zero-order chi connectivity index (χ0) is 16.2. The lowest BCUT2D eigenvalue weighted by Gasteiger charge is -2.17. The summed E-state index contributed by atoms with van der Waals surface area (Å²) in [6.45, 7) is 0. The Hall–Kier alpha value is -0.160. The van der Waals surface area contributed by atoms with Crippen LogP contribution in [0.1, 0.15) is 89.9 Å². The Kier molecular flexibility index (Phi) is 11.1. The Morgan fingerprint density at radius 1 is 0.318 bits per heavy atom. The van der Waals surface area contributed by atoms with Crippen molar-refractivity contribution in [2.24, 2.45) is 0 Å². The Labute approximate surface area is 135 Å². The summed E-state index contributed by atoms with van der Waals surface area (Å²) in [5, 5.41) is 34.3. The zero-order valence-electron chi connectivity index (χ0n) is 14.0. The van der Waals surface area contributed by atoms with Gasteiger partial charge in [-0.15, -0.1) is 0 Å². The minimum absolute atomic E-state index is 0.0359. The van der Waals surface area contributed by atoms with Crippen LogP contribution in [0.2, 0.25) is 0 Å². The SMILES string of the molecule is OC1CC1.OC1CCC1.OC1CCCC1.OC1CCCCC1. The summed E-state index contributed by atoms with van der Waals surface area (Å²) in [4.78, 5) is 0. The van der Waals surface area contributed by atoms with Crippen LogP contribution in [0, 0.1) is 0 Å². The predicted molar refractivity (Wildman–Crippen MR) is 88.7 cm³/mol. The molecule has 0 bridgehead atoms. The van der Waals surface area contributed by atoms with Gasteiger partial charge in [-0.2, -0.15) is 0 Å². The fourth-order valence-corrected chi connectivity index (χ4v) is 2.45. The van der Waals surface area contributed by atoms with Gasteiger partial charge in [0.05, 0.1) is 24.4 Å². The van der Waals surface area contributed by atoms with Crippen LogP contribution < -0.4 is 0 Å². The van der Waals surface area contributed by atoms with E-state index in [-0.39, 0.29) is 24.4 Å². The van der Waals surface area contributed by atoms with Crippen molar-refractivity contribution in [3.63, 3.8) is 0 Å². The maximum Gasteiger partial charge on any atom is 0.0542 e. The van der Waals surface area contributed by atoms with Gasteiger partial charge in [-0.1, -0.05) is 32.1 Å². The van der Waals surface area contributed by atoms with Crippen molar-refractivity contribution in [2.45, 2.75) is 114 Å². The molecule has 0 saturated heterocycles. The molecule has 4 heteroatoms. The van der Waals surface area contributed by atoms with E-state index in [9.17, 15) is 0 Å².